The van der Waals surface area contributed by atoms with Crippen LogP contribution in [0.15, 0.2) is 48.5 Å². The van der Waals surface area contributed by atoms with Crippen molar-refractivity contribution in [2.75, 3.05) is 21.3 Å². The van der Waals surface area contributed by atoms with E-state index in [4.69, 9.17) is 18.9 Å². The molecule has 0 heterocycles. The van der Waals surface area contributed by atoms with Gasteiger partial charge in [0.15, 0.2) is 17.3 Å². The quantitative estimate of drug-likeness (QED) is 0.393. The number of allylic oxidation sites excluding steroid dienone is 2. The van der Waals surface area contributed by atoms with E-state index in [1.165, 1.54) is 27.4 Å². The van der Waals surface area contributed by atoms with Crippen LogP contribution in [0, 0.1) is 5.92 Å². The maximum atomic E-state index is 13.7. The summed E-state index contributed by atoms with van der Waals surface area (Å²) >= 11 is 0. The Balaban J connectivity index is 1.80. The minimum Gasteiger partial charge on any atom is -0.496 e. The van der Waals surface area contributed by atoms with Gasteiger partial charge in [0, 0.05) is 22.1 Å². The lowest BCUT2D eigenvalue weighted by atomic mass is 9.84. The van der Waals surface area contributed by atoms with Gasteiger partial charge in [-0.15, -0.1) is 0 Å². The number of fused-ring (bicyclic) bond motifs is 2. The third kappa shape index (κ3) is 3.41. The molecule has 0 unspecified atom stereocenters. The van der Waals surface area contributed by atoms with Crippen LogP contribution >= 0.6 is 0 Å². The highest BCUT2D eigenvalue weighted by Crippen LogP contribution is 2.47. The van der Waals surface area contributed by atoms with Gasteiger partial charge in [-0.2, -0.15) is 0 Å². The van der Waals surface area contributed by atoms with Crippen LogP contribution in [0.3, 0.4) is 0 Å². The molecule has 34 heavy (non-hydrogen) atoms. The van der Waals surface area contributed by atoms with Gasteiger partial charge in [-0.05, 0) is 37.1 Å². The number of carbonyl (C=O) groups excluding carboxylic acids is 3. The van der Waals surface area contributed by atoms with E-state index in [0.717, 1.165) is 12.8 Å². The highest BCUT2D eigenvalue weighted by molar-refractivity contribution is 6.40. The van der Waals surface area contributed by atoms with Crippen LogP contribution in [-0.2, 0) is 4.79 Å². The minimum atomic E-state index is -0.410. The summed E-state index contributed by atoms with van der Waals surface area (Å²) in [7, 11) is 4.46. The second-order valence-corrected chi connectivity index (χ2v) is 8.17. The second-order valence-electron chi connectivity index (χ2n) is 8.17. The standard InChI is InChI=1S/C27H22O7/c1-31-20-8-4-6-15-19(28)12-17(25(29)23(15)20)18-13-22(33-3)16-7-5-9-21(32-2)24(16)26(18)34-27(30)14-10-11-14/h4-9,12-14H,10-11H2,1-3H3. The van der Waals surface area contributed by atoms with Crippen molar-refractivity contribution in [1.82, 2.24) is 0 Å². The topological polar surface area (TPSA) is 88.1 Å². The van der Waals surface area contributed by atoms with E-state index in [1.807, 2.05) is 6.07 Å². The second kappa shape index (κ2) is 8.33. The van der Waals surface area contributed by atoms with E-state index < -0.39 is 5.78 Å². The van der Waals surface area contributed by atoms with Gasteiger partial charge in [-0.3, -0.25) is 14.4 Å². The molecule has 0 aromatic heterocycles. The number of methoxy groups -OCH3 is 3. The minimum absolute atomic E-state index is 0.0895. The first kappa shape index (κ1) is 21.7. The third-order valence-corrected chi connectivity index (χ3v) is 6.14. The number of ether oxygens (including phenoxy) is 4. The molecule has 5 rings (SSSR count). The first-order chi connectivity index (χ1) is 16.5. The molecule has 3 aromatic carbocycles. The monoisotopic (exact) mass is 458 g/mol. The highest BCUT2D eigenvalue weighted by atomic mass is 16.5. The molecule has 0 atom stereocenters. The molecule has 1 saturated carbocycles. The highest BCUT2D eigenvalue weighted by Gasteiger charge is 2.36. The summed E-state index contributed by atoms with van der Waals surface area (Å²) in [6.07, 6.45) is 2.78. The zero-order valence-electron chi connectivity index (χ0n) is 19.0. The zero-order chi connectivity index (χ0) is 24.0. The largest absolute Gasteiger partial charge is 0.496 e. The number of Topliss-reactive ketones (excluding diaryl/α,β-unsaturated/α-hetero) is 1. The summed E-state index contributed by atoms with van der Waals surface area (Å²) in [5, 5.41) is 1.14. The van der Waals surface area contributed by atoms with Crippen molar-refractivity contribution in [3.05, 3.63) is 65.2 Å². The summed E-state index contributed by atoms with van der Waals surface area (Å²) in [4.78, 5) is 39.5. The van der Waals surface area contributed by atoms with Crippen molar-refractivity contribution >= 4 is 33.9 Å². The van der Waals surface area contributed by atoms with Gasteiger partial charge in [-0.25, -0.2) is 0 Å². The first-order valence-electron chi connectivity index (χ1n) is 10.9. The Morgan fingerprint density at radius 3 is 2.21 bits per heavy atom. The van der Waals surface area contributed by atoms with Crippen LogP contribution in [-0.4, -0.2) is 38.9 Å². The summed E-state index contributed by atoms with van der Waals surface area (Å²) in [6.45, 7) is 0. The van der Waals surface area contributed by atoms with Gasteiger partial charge in [0.1, 0.15) is 17.2 Å². The summed E-state index contributed by atoms with van der Waals surface area (Å²) < 4.78 is 22.4. The molecule has 0 aliphatic heterocycles. The van der Waals surface area contributed by atoms with Crippen LogP contribution in [0.5, 0.6) is 23.0 Å². The van der Waals surface area contributed by atoms with Gasteiger partial charge >= 0.3 is 5.97 Å². The molecule has 7 nitrogen and oxygen atoms in total. The predicted octanol–water partition coefficient (Wildman–Crippen LogP) is 4.64. The number of carbonyl (C=O) groups is 3. The normalized spacial score (nSPS) is 15.0. The van der Waals surface area contributed by atoms with Gasteiger partial charge in [0.05, 0.1) is 38.2 Å². The summed E-state index contributed by atoms with van der Waals surface area (Å²) in [5.74, 6) is 0.0323. The number of benzene rings is 3. The van der Waals surface area contributed by atoms with E-state index in [1.54, 1.807) is 36.4 Å². The summed E-state index contributed by atoms with van der Waals surface area (Å²) in [5.41, 5.74) is 0.797. The smallest absolute Gasteiger partial charge is 0.314 e. The van der Waals surface area contributed by atoms with Crippen molar-refractivity contribution in [3.63, 3.8) is 0 Å². The average molecular weight is 458 g/mol. The van der Waals surface area contributed by atoms with Gasteiger partial charge in [-0.1, -0.05) is 24.3 Å². The maximum Gasteiger partial charge on any atom is 0.314 e. The van der Waals surface area contributed by atoms with Crippen LogP contribution < -0.4 is 18.9 Å². The number of hydrogen-bond donors (Lipinski definition) is 0. The van der Waals surface area contributed by atoms with E-state index in [2.05, 4.69) is 0 Å². The number of rotatable bonds is 6. The lowest BCUT2D eigenvalue weighted by molar-refractivity contribution is -0.135. The number of hydrogen-bond acceptors (Lipinski definition) is 7. The fraction of sp³-hybridized carbons (Fsp3) is 0.222. The Hall–Kier alpha value is -4.13. The van der Waals surface area contributed by atoms with Crippen molar-refractivity contribution < 1.29 is 33.3 Å². The van der Waals surface area contributed by atoms with E-state index >= 15 is 0 Å². The molecular formula is C27H22O7. The van der Waals surface area contributed by atoms with Crippen molar-refractivity contribution in [3.8, 4) is 23.0 Å². The Morgan fingerprint density at radius 1 is 0.853 bits per heavy atom. The lowest BCUT2D eigenvalue weighted by Crippen LogP contribution is -2.19. The Kier molecular flexibility index (Phi) is 5.32. The number of ketones is 2. The molecule has 0 saturated heterocycles. The molecule has 2 aliphatic carbocycles. The zero-order valence-corrected chi connectivity index (χ0v) is 19.0. The molecule has 0 spiro atoms. The fourth-order valence-electron chi connectivity index (χ4n) is 4.28. The van der Waals surface area contributed by atoms with Crippen LogP contribution in [0.25, 0.3) is 16.3 Å². The molecule has 172 valence electrons. The van der Waals surface area contributed by atoms with E-state index in [9.17, 15) is 14.4 Å². The van der Waals surface area contributed by atoms with Crippen molar-refractivity contribution in [2.24, 2.45) is 5.92 Å². The fourth-order valence-corrected chi connectivity index (χ4v) is 4.28. The van der Waals surface area contributed by atoms with Gasteiger partial charge < -0.3 is 18.9 Å². The molecule has 1 fully saturated rings. The van der Waals surface area contributed by atoms with Crippen LogP contribution in [0.1, 0.15) is 39.1 Å². The SMILES string of the molecule is COc1cccc2c1C(=O)C(c1cc(OC)c3cccc(OC)c3c1OC(=O)C1CC1)=CC2=O. The Bertz CT molecular complexity index is 1400. The Labute approximate surface area is 195 Å². The molecule has 3 aromatic rings. The Morgan fingerprint density at radius 2 is 1.53 bits per heavy atom. The molecular weight excluding hydrogens is 436 g/mol. The lowest BCUT2D eigenvalue weighted by Gasteiger charge is -2.22. The van der Waals surface area contributed by atoms with Gasteiger partial charge in [0.25, 0.3) is 0 Å². The molecule has 2 aliphatic rings. The van der Waals surface area contributed by atoms with Crippen LogP contribution in [0.2, 0.25) is 0 Å². The molecule has 0 radical (unpaired) electrons. The third-order valence-electron chi connectivity index (χ3n) is 6.14. The number of esters is 1. The molecule has 0 N–H and O–H groups in total. The predicted molar refractivity (Wildman–Crippen MR) is 125 cm³/mol. The molecule has 0 bridgehead atoms. The molecule has 7 heteroatoms. The van der Waals surface area contributed by atoms with Gasteiger partial charge in [0.2, 0.25) is 0 Å². The molecule has 0 amide bonds. The average Bonchev–Trinajstić information content (AvgIpc) is 3.71. The van der Waals surface area contributed by atoms with Crippen LogP contribution in [0.4, 0.5) is 0 Å². The van der Waals surface area contributed by atoms with E-state index in [0.29, 0.717) is 28.0 Å². The summed E-state index contributed by atoms with van der Waals surface area (Å²) in [6, 6.07) is 11.8. The van der Waals surface area contributed by atoms with Crippen molar-refractivity contribution in [1.29, 1.82) is 0 Å². The first-order valence-corrected chi connectivity index (χ1v) is 10.9. The maximum absolute atomic E-state index is 13.7. The van der Waals surface area contributed by atoms with E-state index in [-0.39, 0.29) is 45.7 Å². The van der Waals surface area contributed by atoms with Crippen molar-refractivity contribution in [2.45, 2.75) is 12.8 Å².